The van der Waals surface area contributed by atoms with Gasteiger partial charge in [-0.25, -0.2) is 9.07 Å². The third kappa shape index (κ3) is 3.25. The molecule has 1 aromatic heterocycles. The van der Waals surface area contributed by atoms with E-state index < -0.39 is 29.8 Å². The van der Waals surface area contributed by atoms with Crippen molar-refractivity contribution in [3.05, 3.63) is 63.3 Å². The molecule has 0 unspecified atom stereocenters. The predicted octanol–water partition coefficient (Wildman–Crippen LogP) is 2.32. The van der Waals surface area contributed by atoms with Gasteiger partial charge in [0.2, 0.25) is 0 Å². The number of nitriles is 1. The molecule has 21 heavy (non-hydrogen) atoms. The zero-order valence-corrected chi connectivity index (χ0v) is 10.4. The number of alkyl halides is 3. The Balaban J connectivity index is 2.47. The van der Waals surface area contributed by atoms with E-state index in [2.05, 4.69) is 5.10 Å². The van der Waals surface area contributed by atoms with E-state index >= 15 is 0 Å². The van der Waals surface area contributed by atoms with Crippen molar-refractivity contribution in [3.8, 4) is 6.07 Å². The summed E-state index contributed by atoms with van der Waals surface area (Å²) in [6, 6.07) is 6.27. The van der Waals surface area contributed by atoms with E-state index in [0.717, 1.165) is 18.2 Å². The summed E-state index contributed by atoms with van der Waals surface area (Å²) in [7, 11) is 0. The molecular formula is C13H7F4N3O. The molecule has 0 aliphatic carbocycles. The van der Waals surface area contributed by atoms with E-state index in [4.69, 9.17) is 5.26 Å². The van der Waals surface area contributed by atoms with Crippen LogP contribution < -0.4 is 5.56 Å². The monoisotopic (exact) mass is 297 g/mol. The zero-order chi connectivity index (χ0) is 15.6. The summed E-state index contributed by atoms with van der Waals surface area (Å²) >= 11 is 0. The normalized spacial score (nSPS) is 11.2. The van der Waals surface area contributed by atoms with Crippen LogP contribution in [0.1, 0.15) is 16.8 Å². The highest BCUT2D eigenvalue weighted by Crippen LogP contribution is 2.26. The summed E-state index contributed by atoms with van der Waals surface area (Å²) in [6.45, 7) is -0.427. The van der Waals surface area contributed by atoms with Gasteiger partial charge in [0.15, 0.2) is 5.69 Å². The average Bonchev–Trinajstić information content (AvgIpc) is 2.40. The molecule has 0 spiro atoms. The molecule has 0 saturated carbocycles. The van der Waals surface area contributed by atoms with Gasteiger partial charge in [-0.2, -0.15) is 23.5 Å². The second-order valence-electron chi connectivity index (χ2n) is 4.13. The molecule has 1 heterocycles. The maximum Gasteiger partial charge on any atom is 0.435 e. The van der Waals surface area contributed by atoms with E-state index in [1.54, 1.807) is 6.07 Å². The van der Waals surface area contributed by atoms with E-state index in [9.17, 15) is 22.4 Å². The van der Waals surface area contributed by atoms with Gasteiger partial charge >= 0.3 is 6.18 Å². The number of aromatic nitrogens is 2. The van der Waals surface area contributed by atoms with Crippen LogP contribution in [-0.4, -0.2) is 9.78 Å². The highest BCUT2D eigenvalue weighted by atomic mass is 19.4. The minimum Gasteiger partial charge on any atom is -0.268 e. The molecule has 1 aromatic carbocycles. The van der Waals surface area contributed by atoms with Crippen molar-refractivity contribution in [3.63, 3.8) is 0 Å². The molecule has 0 bridgehead atoms. The number of halogens is 4. The summed E-state index contributed by atoms with van der Waals surface area (Å²) < 4.78 is 51.4. The number of benzene rings is 1. The van der Waals surface area contributed by atoms with Gasteiger partial charge in [0, 0.05) is 6.07 Å². The van der Waals surface area contributed by atoms with Crippen LogP contribution in [-0.2, 0) is 12.7 Å². The Hall–Kier alpha value is -2.69. The third-order valence-corrected chi connectivity index (χ3v) is 2.66. The van der Waals surface area contributed by atoms with Crippen LogP contribution in [0, 0.1) is 17.1 Å². The Kier molecular flexibility index (Phi) is 3.76. The van der Waals surface area contributed by atoms with Gasteiger partial charge in [-0.05, 0) is 29.8 Å². The van der Waals surface area contributed by atoms with Gasteiger partial charge in [-0.15, -0.1) is 0 Å². The minimum atomic E-state index is -4.70. The predicted molar refractivity (Wildman–Crippen MR) is 63.7 cm³/mol. The van der Waals surface area contributed by atoms with Crippen LogP contribution in [0.2, 0.25) is 0 Å². The third-order valence-electron chi connectivity index (χ3n) is 2.66. The van der Waals surface area contributed by atoms with Gasteiger partial charge in [0.25, 0.3) is 5.56 Å². The zero-order valence-electron chi connectivity index (χ0n) is 10.4. The van der Waals surface area contributed by atoms with Gasteiger partial charge in [0.05, 0.1) is 18.2 Å². The van der Waals surface area contributed by atoms with Crippen molar-refractivity contribution >= 4 is 0 Å². The lowest BCUT2D eigenvalue weighted by Gasteiger charge is -2.10. The Morgan fingerprint density at radius 1 is 1.24 bits per heavy atom. The van der Waals surface area contributed by atoms with Crippen LogP contribution in [0.4, 0.5) is 17.6 Å². The largest absolute Gasteiger partial charge is 0.435 e. The Labute approximate surface area is 115 Å². The number of hydrogen-bond donors (Lipinski definition) is 0. The Bertz CT molecular complexity index is 774. The molecule has 0 saturated heterocycles. The van der Waals surface area contributed by atoms with E-state index in [1.807, 2.05) is 0 Å². The van der Waals surface area contributed by atoms with Crippen molar-refractivity contribution in [2.75, 3.05) is 0 Å². The average molecular weight is 297 g/mol. The SMILES string of the molecule is N#Cc1ccc(F)cc1Cn1nc(C(F)(F)F)ccc1=O. The summed E-state index contributed by atoms with van der Waals surface area (Å²) in [5.74, 6) is -0.663. The van der Waals surface area contributed by atoms with Gasteiger partial charge in [0.1, 0.15) is 5.82 Å². The van der Waals surface area contributed by atoms with Crippen molar-refractivity contribution in [2.24, 2.45) is 0 Å². The van der Waals surface area contributed by atoms with Crippen LogP contribution in [0.15, 0.2) is 35.1 Å². The molecule has 0 amide bonds. The first-order chi connectivity index (χ1) is 9.81. The number of rotatable bonds is 2. The lowest BCUT2D eigenvalue weighted by atomic mass is 10.1. The van der Waals surface area contributed by atoms with Gasteiger partial charge in [-0.1, -0.05) is 0 Å². The molecular weight excluding hydrogens is 290 g/mol. The molecule has 108 valence electrons. The molecule has 8 heteroatoms. The Morgan fingerprint density at radius 2 is 1.95 bits per heavy atom. The van der Waals surface area contributed by atoms with Crippen LogP contribution >= 0.6 is 0 Å². The van der Waals surface area contributed by atoms with Gasteiger partial charge in [-0.3, -0.25) is 4.79 Å². The second kappa shape index (κ2) is 5.36. The maximum absolute atomic E-state index is 13.2. The molecule has 0 aliphatic heterocycles. The summed E-state index contributed by atoms with van der Waals surface area (Å²) in [4.78, 5) is 11.5. The van der Waals surface area contributed by atoms with Crippen molar-refractivity contribution in [1.29, 1.82) is 5.26 Å². The standard InChI is InChI=1S/C13H7F4N3O/c14-10-2-1-8(6-18)9(5-10)7-20-12(21)4-3-11(19-20)13(15,16)17/h1-5H,7H2. The highest BCUT2D eigenvalue weighted by molar-refractivity contribution is 5.37. The fraction of sp³-hybridized carbons (Fsp3) is 0.154. The van der Waals surface area contributed by atoms with E-state index in [1.165, 1.54) is 6.07 Å². The van der Waals surface area contributed by atoms with Crippen LogP contribution in [0.3, 0.4) is 0 Å². The van der Waals surface area contributed by atoms with Crippen molar-refractivity contribution < 1.29 is 17.6 Å². The molecule has 2 aromatic rings. The first kappa shape index (κ1) is 14.7. The van der Waals surface area contributed by atoms with Crippen LogP contribution in [0.25, 0.3) is 0 Å². The molecule has 4 nitrogen and oxygen atoms in total. The fourth-order valence-electron chi connectivity index (χ4n) is 1.68. The van der Waals surface area contributed by atoms with E-state index in [0.29, 0.717) is 10.7 Å². The lowest BCUT2D eigenvalue weighted by Crippen LogP contribution is -2.26. The lowest BCUT2D eigenvalue weighted by molar-refractivity contribution is -0.142. The molecule has 0 atom stereocenters. The quantitative estimate of drug-likeness (QED) is 0.799. The van der Waals surface area contributed by atoms with Crippen LogP contribution in [0.5, 0.6) is 0 Å². The summed E-state index contributed by atoms with van der Waals surface area (Å²) in [5, 5.41) is 12.1. The molecule has 0 N–H and O–H groups in total. The molecule has 2 rings (SSSR count). The number of nitrogens with zero attached hydrogens (tertiary/aromatic N) is 3. The first-order valence-corrected chi connectivity index (χ1v) is 5.65. The molecule has 0 radical (unpaired) electrons. The summed E-state index contributed by atoms with van der Waals surface area (Å²) in [6.07, 6.45) is -4.70. The smallest absolute Gasteiger partial charge is 0.268 e. The minimum absolute atomic E-state index is 0.0579. The number of hydrogen-bond acceptors (Lipinski definition) is 3. The molecule has 0 fully saturated rings. The van der Waals surface area contributed by atoms with Gasteiger partial charge < -0.3 is 0 Å². The fourth-order valence-corrected chi connectivity index (χ4v) is 1.68. The maximum atomic E-state index is 13.2. The first-order valence-electron chi connectivity index (χ1n) is 5.65. The second-order valence-corrected chi connectivity index (χ2v) is 4.13. The van der Waals surface area contributed by atoms with Crippen molar-refractivity contribution in [1.82, 2.24) is 9.78 Å². The topological polar surface area (TPSA) is 58.7 Å². The summed E-state index contributed by atoms with van der Waals surface area (Å²) in [5.41, 5.74) is -1.89. The molecule has 0 aliphatic rings. The van der Waals surface area contributed by atoms with Crippen molar-refractivity contribution in [2.45, 2.75) is 12.7 Å². The van der Waals surface area contributed by atoms with E-state index in [-0.39, 0.29) is 11.1 Å². The Morgan fingerprint density at radius 3 is 2.57 bits per heavy atom. The highest BCUT2D eigenvalue weighted by Gasteiger charge is 2.33.